The lowest BCUT2D eigenvalue weighted by Crippen LogP contribution is -2.10. The van der Waals surface area contributed by atoms with Crippen molar-refractivity contribution in [3.63, 3.8) is 0 Å². The Morgan fingerprint density at radius 2 is 2.33 bits per heavy atom. The van der Waals surface area contributed by atoms with Crippen molar-refractivity contribution in [2.24, 2.45) is 5.73 Å². The zero-order valence-electron chi connectivity index (χ0n) is 7.29. The van der Waals surface area contributed by atoms with Crippen molar-refractivity contribution in [3.8, 4) is 0 Å². The molecule has 0 bridgehead atoms. The highest BCUT2D eigenvalue weighted by Crippen LogP contribution is 2.17. The second-order valence-electron chi connectivity index (χ2n) is 2.78. The highest BCUT2D eigenvalue weighted by Gasteiger charge is 2.09. The van der Waals surface area contributed by atoms with Crippen molar-refractivity contribution < 1.29 is 9.52 Å². The van der Waals surface area contributed by atoms with Gasteiger partial charge in [-0.1, -0.05) is 6.92 Å². The van der Waals surface area contributed by atoms with E-state index in [1.54, 1.807) is 0 Å². The summed E-state index contributed by atoms with van der Waals surface area (Å²) >= 11 is 0. The summed E-state index contributed by atoms with van der Waals surface area (Å²) in [4.78, 5) is 0. The molecule has 1 rings (SSSR count). The molecule has 1 atom stereocenters. The van der Waals surface area contributed by atoms with Crippen LogP contribution >= 0.6 is 0 Å². The van der Waals surface area contributed by atoms with Gasteiger partial charge in [-0.05, 0) is 18.6 Å². The molecule has 1 heterocycles. The van der Waals surface area contributed by atoms with Crippen LogP contribution < -0.4 is 5.73 Å². The quantitative estimate of drug-likeness (QED) is 0.712. The molecule has 0 spiro atoms. The molecule has 0 unspecified atom stereocenters. The Balaban J connectivity index is 2.61. The number of aliphatic hydroxyl groups excluding tert-OH is 1. The maximum Gasteiger partial charge on any atom is 0.120 e. The molecule has 0 aromatic carbocycles. The van der Waals surface area contributed by atoms with Gasteiger partial charge in [-0.15, -0.1) is 0 Å². The van der Waals surface area contributed by atoms with E-state index in [0.29, 0.717) is 6.42 Å². The van der Waals surface area contributed by atoms with Gasteiger partial charge in [0.05, 0.1) is 6.04 Å². The summed E-state index contributed by atoms with van der Waals surface area (Å²) in [6.45, 7) is 2.13. The van der Waals surface area contributed by atoms with Gasteiger partial charge in [0, 0.05) is 13.0 Å². The fourth-order valence-electron chi connectivity index (χ4n) is 1.07. The van der Waals surface area contributed by atoms with Crippen molar-refractivity contribution in [3.05, 3.63) is 23.7 Å². The van der Waals surface area contributed by atoms with E-state index >= 15 is 0 Å². The Morgan fingerprint density at radius 3 is 2.83 bits per heavy atom. The number of hydrogen-bond donors (Lipinski definition) is 2. The molecule has 0 radical (unpaired) electrons. The standard InChI is InChI=1S/C9H15NO2/c1-2-7-3-4-9(12-7)8(10)5-6-11/h3-4,8,11H,2,5-6,10H2,1H3/t8-/m1/s1. The number of hydrogen-bond acceptors (Lipinski definition) is 3. The summed E-state index contributed by atoms with van der Waals surface area (Å²) in [7, 11) is 0. The fourth-order valence-corrected chi connectivity index (χ4v) is 1.07. The normalized spacial score (nSPS) is 13.2. The monoisotopic (exact) mass is 169 g/mol. The van der Waals surface area contributed by atoms with Gasteiger partial charge < -0.3 is 15.3 Å². The van der Waals surface area contributed by atoms with Crippen LogP contribution in [0.5, 0.6) is 0 Å². The third kappa shape index (κ3) is 2.09. The zero-order chi connectivity index (χ0) is 8.97. The van der Waals surface area contributed by atoms with Crippen LogP contribution in [-0.4, -0.2) is 11.7 Å². The van der Waals surface area contributed by atoms with Crippen molar-refractivity contribution in [1.82, 2.24) is 0 Å². The van der Waals surface area contributed by atoms with Crippen LogP contribution in [0.15, 0.2) is 16.5 Å². The molecular weight excluding hydrogens is 154 g/mol. The van der Waals surface area contributed by atoms with Crippen LogP contribution in [0.2, 0.25) is 0 Å². The molecule has 0 aliphatic rings. The van der Waals surface area contributed by atoms with Crippen molar-refractivity contribution in [2.75, 3.05) is 6.61 Å². The summed E-state index contributed by atoms with van der Waals surface area (Å²) in [6, 6.07) is 3.63. The van der Waals surface area contributed by atoms with Gasteiger partial charge >= 0.3 is 0 Å². The van der Waals surface area contributed by atoms with Crippen LogP contribution in [0.25, 0.3) is 0 Å². The Bertz CT molecular complexity index is 232. The molecule has 0 amide bonds. The van der Waals surface area contributed by atoms with Crippen LogP contribution in [0.4, 0.5) is 0 Å². The Labute approximate surface area is 72.2 Å². The lowest BCUT2D eigenvalue weighted by molar-refractivity contribution is 0.267. The number of aryl methyl sites for hydroxylation is 1. The van der Waals surface area contributed by atoms with Gasteiger partial charge in [0.25, 0.3) is 0 Å². The lowest BCUT2D eigenvalue weighted by atomic mass is 10.2. The average Bonchev–Trinajstić information content (AvgIpc) is 2.52. The van der Waals surface area contributed by atoms with Gasteiger partial charge in [0.1, 0.15) is 11.5 Å². The van der Waals surface area contributed by atoms with E-state index in [0.717, 1.165) is 17.9 Å². The topological polar surface area (TPSA) is 59.4 Å². The summed E-state index contributed by atoms with van der Waals surface area (Å²) in [5.41, 5.74) is 5.72. The van der Waals surface area contributed by atoms with Crippen LogP contribution in [0.3, 0.4) is 0 Å². The predicted octanol–water partition coefficient (Wildman–Crippen LogP) is 1.22. The van der Waals surface area contributed by atoms with Gasteiger partial charge in [0.2, 0.25) is 0 Å². The Kier molecular flexibility index (Phi) is 3.31. The SMILES string of the molecule is CCc1ccc([C@H](N)CCO)o1. The first-order valence-corrected chi connectivity index (χ1v) is 4.23. The van der Waals surface area contributed by atoms with Crippen molar-refractivity contribution in [1.29, 1.82) is 0 Å². The number of furan rings is 1. The van der Waals surface area contributed by atoms with Gasteiger partial charge in [-0.25, -0.2) is 0 Å². The summed E-state index contributed by atoms with van der Waals surface area (Å²) < 4.78 is 5.41. The minimum Gasteiger partial charge on any atom is -0.464 e. The first kappa shape index (κ1) is 9.29. The van der Waals surface area contributed by atoms with Crippen LogP contribution in [-0.2, 0) is 6.42 Å². The smallest absolute Gasteiger partial charge is 0.120 e. The molecule has 68 valence electrons. The highest BCUT2D eigenvalue weighted by molar-refractivity contribution is 5.10. The molecule has 3 nitrogen and oxygen atoms in total. The average molecular weight is 169 g/mol. The molecule has 0 saturated carbocycles. The van der Waals surface area contributed by atoms with E-state index in [1.165, 1.54) is 0 Å². The summed E-state index contributed by atoms with van der Waals surface area (Å²) in [5, 5.41) is 8.64. The predicted molar refractivity (Wildman–Crippen MR) is 46.7 cm³/mol. The minimum atomic E-state index is -0.171. The number of rotatable bonds is 4. The molecule has 0 aliphatic heterocycles. The largest absolute Gasteiger partial charge is 0.464 e. The third-order valence-corrected chi connectivity index (χ3v) is 1.84. The van der Waals surface area contributed by atoms with E-state index in [-0.39, 0.29) is 12.6 Å². The minimum absolute atomic E-state index is 0.101. The van der Waals surface area contributed by atoms with Gasteiger partial charge in [-0.3, -0.25) is 0 Å². The van der Waals surface area contributed by atoms with Gasteiger partial charge in [-0.2, -0.15) is 0 Å². The Hall–Kier alpha value is -0.800. The number of aliphatic hydroxyl groups is 1. The summed E-state index contributed by atoms with van der Waals surface area (Å²) in [5.74, 6) is 1.71. The van der Waals surface area contributed by atoms with E-state index in [1.807, 2.05) is 19.1 Å². The molecule has 3 heteroatoms. The van der Waals surface area contributed by atoms with Crippen molar-refractivity contribution in [2.45, 2.75) is 25.8 Å². The van der Waals surface area contributed by atoms with Crippen molar-refractivity contribution >= 4 is 0 Å². The first-order chi connectivity index (χ1) is 5.77. The zero-order valence-corrected chi connectivity index (χ0v) is 7.29. The van der Waals surface area contributed by atoms with E-state index in [9.17, 15) is 0 Å². The fraction of sp³-hybridized carbons (Fsp3) is 0.556. The molecular formula is C9H15NO2. The molecule has 0 saturated heterocycles. The number of nitrogens with two attached hydrogens (primary N) is 1. The molecule has 3 N–H and O–H groups in total. The maximum absolute atomic E-state index is 8.64. The van der Waals surface area contributed by atoms with E-state index in [2.05, 4.69) is 0 Å². The lowest BCUT2D eigenvalue weighted by Gasteiger charge is -2.04. The first-order valence-electron chi connectivity index (χ1n) is 4.23. The molecule has 1 aromatic heterocycles. The Morgan fingerprint density at radius 1 is 1.58 bits per heavy atom. The van der Waals surface area contributed by atoms with Crippen LogP contribution in [0.1, 0.15) is 30.9 Å². The summed E-state index contributed by atoms with van der Waals surface area (Å²) in [6.07, 6.45) is 1.43. The highest BCUT2D eigenvalue weighted by atomic mass is 16.3. The third-order valence-electron chi connectivity index (χ3n) is 1.84. The van der Waals surface area contributed by atoms with Gasteiger partial charge in [0.15, 0.2) is 0 Å². The molecule has 0 aliphatic carbocycles. The van der Waals surface area contributed by atoms with E-state index < -0.39 is 0 Å². The van der Waals surface area contributed by atoms with Crippen LogP contribution in [0, 0.1) is 0 Å². The molecule has 1 aromatic rings. The molecule has 0 fully saturated rings. The second-order valence-corrected chi connectivity index (χ2v) is 2.78. The molecule has 12 heavy (non-hydrogen) atoms. The maximum atomic E-state index is 8.64. The second kappa shape index (κ2) is 4.28. The van der Waals surface area contributed by atoms with E-state index in [4.69, 9.17) is 15.3 Å².